The third-order valence-electron chi connectivity index (χ3n) is 4.76. The van der Waals surface area contributed by atoms with Crippen LogP contribution in [0.4, 0.5) is 5.69 Å². The van der Waals surface area contributed by atoms with Gasteiger partial charge in [-0.3, -0.25) is 4.79 Å². The molecule has 6 nitrogen and oxygen atoms in total. The summed E-state index contributed by atoms with van der Waals surface area (Å²) in [7, 11) is -3.64. The molecule has 0 aliphatic heterocycles. The second-order valence-electron chi connectivity index (χ2n) is 7.40. The molecule has 2 aliphatic rings. The molecule has 0 spiro atoms. The second-order valence-corrected chi connectivity index (χ2v) is 9.08. The van der Waals surface area contributed by atoms with Gasteiger partial charge in [-0.05, 0) is 56.2 Å². The average Bonchev–Trinajstić information content (AvgIpc) is 3.37. The summed E-state index contributed by atoms with van der Waals surface area (Å²) in [6.07, 6.45) is 3.96. The van der Waals surface area contributed by atoms with Crippen LogP contribution in [0.3, 0.4) is 0 Å². The van der Waals surface area contributed by atoms with Crippen molar-refractivity contribution in [3.05, 3.63) is 23.8 Å². The lowest BCUT2D eigenvalue weighted by molar-refractivity contribution is 0.100. The normalized spacial score (nSPS) is 20.8. The molecule has 0 unspecified atom stereocenters. The SMILES string of the molecule is CC1(CNc2ccc(S(=O)(=O)NC3(C)CC3)cc2C(N)=O)CC1. The van der Waals surface area contributed by atoms with Crippen LogP contribution in [-0.2, 0) is 10.0 Å². The molecule has 0 heterocycles. The molecule has 2 saturated carbocycles. The minimum Gasteiger partial charge on any atom is -0.384 e. The molecule has 4 N–H and O–H groups in total. The predicted molar refractivity (Wildman–Crippen MR) is 88.8 cm³/mol. The van der Waals surface area contributed by atoms with E-state index < -0.39 is 15.9 Å². The first kappa shape index (κ1) is 16.3. The van der Waals surface area contributed by atoms with Crippen molar-refractivity contribution in [2.45, 2.75) is 50.0 Å². The lowest BCUT2D eigenvalue weighted by Gasteiger charge is -2.16. The Hall–Kier alpha value is -1.60. The van der Waals surface area contributed by atoms with Crippen LogP contribution in [0.25, 0.3) is 0 Å². The van der Waals surface area contributed by atoms with Gasteiger partial charge in [-0.25, -0.2) is 13.1 Å². The van der Waals surface area contributed by atoms with E-state index in [0.29, 0.717) is 5.69 Å². The van der Waals surface area contributed by atoms with Gasteiger partial charge >= 0.3 is 0 Å². The number of benzene rings is 1. The molecule has 0 atom stereocenters. The van der Waals surface area contributed by atoms with E-state index in [1.54, 1.807) is 6.07 Å². The fourth-order valence-electron chi connectivity index (χ4n) is 2.42. The maximum atomic E-state index is 12.4. The number of hydrogen-bond donors (Lipinski definition) is 3. The third kappa shape index (κ3) is 3.67. The van der Waals surface area contributed by atoms with E-state index in [1.807, 2.05) is 6.92 Å². The van der Waals surface area contributed by atoms with E-state index in [0.717, 1.165) is 32.2 Å². The average molecular weight is 337 g/mol. The lowest BCUT2D eigenvalue weighted by Crippen LogP contribution is -2.34. The molecule has 0 radical (unpaired) electrons. The first-order valence-electron chi connectivity index (χ1n) is 7.84. The highest BCUT2D eigenvalue weighted by atomic mass is 32.2. The molecule has 3 rings (SSSR count). The third-order valence-corrected chi connectivity index (χ3v) is 6.39. The summed E-state index contributed by atoms with van der Waals surface area (Å²) >= 11 is 0. The Morgan fingerprint density at radius 2 is 1.87 bits per heavy atom. The Kier molecular flexibility index (Phi) is 3.68. The molecule has 2 fully saturated rings. The van der Waals surface area contributed by atoms with Crippen LogP contribution < -0.4 is 15.8 Å². The molecule has 0 saturated heterocycles. The van der Waals surface area contributed by atoms with Crippen molar-refractivity contribution in [1.29, 1.82) is 0 Å². The van der Waals surface area contributed by atoms with Crippen LogP contribution in [0.15, 0.2) is 23.1 Å². The van der Waals surface area contributed by atoms with E-state index in [4.69, 9.17) is 5.73 Å². The van der Waals surface area contributed by atoms with E-state index >= 15 is 0 Å². The monoisotopic (exact) mass is 337 g/mol. The molecule has 23 heavy (non-hydrogen) atoms. The van der Waals surface area contributed by atoms with Gasteiger partial charge in [0.15, 0.2) is 0 Å². The van der Waals surface area contributed by atoms with Crippen molar-refractivity contribution in [3.63, 3.8) is 0 Å². The Balaban J connectivity index is 1.85. The summed E-state index contributed by atoms with van der Waals surface area (Å²) in [6, 6.07) is 4.49. The first-order valence-corrected chi connectivity index (χ1v) is 9.33. The summed E-state index contributed by atoms with van der Waals surface area (Å²) in [5.74, 6) is -0.636. The molecule has 126 valence electrons. The Morgan fingerprint density at radius 3 is 2.39 bits per heavy atom. The molecule has 0 aromatic heterocycles. The van der Waals surface area contributed by atoms with E-state index in [9.17, 15) is 13.2 Å². The Morgan fingerprint density at radius 1 is 1.22 bits per heavy atom. The molecule has 1 amide bonds. The fourth-order valence-corrected chi connectivity index (χ4v) is 3.91. The number of sulfonamides is 1. The number of carbonyl (C=O) groups is 1. The highest BCUT2D eigenvalue weighted by molar-refractivity contribution is 7.89. The molecular formula is C16H23N3O3S. The van der Waals surface area contributed by atoms with Crippen molar-refractivity contribution >= 4 is 21.6 Å². The first-order chi connectivity index (χ1) is 10.6. The van der Waals surface area contributed by atoms with Crippen LogP contribution in [0.5, 0.6) is 0 Å². The van der Waals surface area contributed by atoms with Gasteiger partial charge in [0.25, 0.3) is 5.91 Å². The van der Waals surface area contributed by atoms with Crippen LogP contribution in [0.2, 0.25) is 0 Å². The molecule has 1 aromatic rings. The largest absolute Gasteiger partial charge is 0.384 e. The number of anilines is 1. The molecule has 0 bridgehead atoms. The minimum absolute atomic E-state index is 0.0719. The second kappa shape index (κ2) is 5.21. The molecule has 1 aromatic carbocycles. The van der Waals surface area contributed by atoms with Crippen LogP contribution >= 0.6 is 0 Å². The van der Waals surface area contributed by atoms with Crippen LogP contribution in [0, 0.1) is 5.41 Å². The molecule has 7 heteroatoms. The lowest BCUT2D eigenvalue weighted by atomic mass is 10.1. The van der Waals surface area contributed by atoms with Gasteiger partial charge in [-0.2, -0.15) is 0 Å². The maximum absolute atomic E-state index is 12.4. The van der Waals surface area contributed by atoms with Gasteiger partial charge in [0.05, 0.1) is 10.5 Å². The summed E-state index contributed by atoms with van der Waals surface area (Å²) in [5.41, 5.74) is 6.13. The zero-order chi connectivity index (χ0) is 16.9. The number of carbonyl (C=O) groups excluding carboxylic acids is 1. The van der Waals surface area contributed by atoms with Crippen molar-refractivity contribution in [2.75, 3.05) is 11.9 Å². The standard InChI is InChI=1S/C16H23N3O3S/c1-15(5-6-15)10-18-13-4-3-11(9-12(13)14(17)20)23(21,22)19-16(2)7-8-16/h3-4,9,18-19H,5-8,10H2,1-2H3,(H2,17,20). The number of amides is 1. The summed E-state index contributed by atoms with van der Waals surface area (Å²) < 4.78 is 27.5. The number of primary amides is 1. The van der Waals surface area contributed by atoms with Crippen molar-refractivity contribution in [1.82, 2.24) is 4.72 Å². The summed E-state index contributed by atoms with van der Waals surface area (Å²) in [4.78, 5) is 11.8. The topological polar surface area (TPSA) is 101 Å². The zero-order valence-corrected chi connectivity index (χ0v) is 14.3. The highest BCUT2D eigenvalue weighted by Gasteiger charge is 2.41. The van der Waals surface area contributed by atoms with Crippen LogP contribution in [-0.4, -0.2) is 26.4 Å². The van der Waals surface area contributed by atoms with Crippen LogP contribution in [0.1, 0.15) is 49.9 Å². The highest BCUT2D eigenvalue weighted by Crippen LogP contribution is 2.45. The minimum atomic E-state index is -3.64. The number of rotatable bonds is 7. The Labute approximate surface area is 136 Å². The fraction of sp³-hybridized carbons (Fsp3) is 0.562. The smallest absolute Gasteiger partial charge is 0.250 e. The summed E-state index contributed by atoms with van der Waals surface area (Å²) in [5, 5.41) is 3.22. The van der Waals surface area contributed by atoms with Gasteiger partial charge in [-0.15, -0.1) is 0 Å². The number of nitrogens with two attached hydrogens (primary N) is 1. The van der Waals surface area contributed by atoms with Gasteiger partial charge in [0.1, 0.15) is 0 Å². The van der Waals surface area contributed by atoms with Gasteiger partial charge < -0.3 is 11.1 Å². The molecule has 2 aliphatic carbocycles. The quantitative estimate of drug-likeness (QED) is 0.706. The number of nitrogens with one attached hydrogen (secondary N) is 2. The van der Waals surface area contributed by atoms with Crippen molar-refractivity contribution in [2.24, 2.45) is 11.1 Å². The van der Waals surface area contributed by atoms with Gasteiger partial charge in [0, 0.05) is 17.8 Å². The van der Waals surface area contributed by atoms with Gasteiger partial charge in [-0.1, -0.05) is 6.92 Å². The summed E-state index contributed by atoms with van der Waals surface area (Å²) in [6.45, 7) is 4.78. The zero-order valence-electron chi connectivity index (χ0n) is 13.5. The van der Waals surface area contributed by atoms with Crippen molar-refractivity contribution < 1.29 is 13.2 Å². The number of hydrogen-bond acceptors (Lipinski definition) is 4. The van der Waals surface area contributed by atoms with Crippen molar-refractivity contribution in [3.8, 4) is 0 Å². The van der Waals surface area contributed by atoms with E-state index in [1.165, 1.54) is 12.1 Å². The molecular weight excluding hydrogens is 314 g/mol. The maximum Gasteiger partial charge on any atom is 0.250 e. The van der Waals surface area contributed by atoms with E-state index in [2.05, 4.69) is 17.0 Å². The predicted octanol–water partition coefficient (Wildman–Crippen LogP) is 1.83. The van der Waals surface area contributed by atoms with E-state index in [-0.39, 0.29) is 21.4 Å². The van der Waals surface area contributed by atoms with Gasteiger partial charge in [0.2, 0.25) is 10.0 Å². The Bertz CT molecular complexity index is 750.